The van der Waals surface area contributed by atoms with Crippen LogP contribution in [0.15, 0.2) is 18.2 Å². The van der Waals surface area contributed by atoms with Crippen LogP contribution in [0.5, 0.6) is 0 Å². The molecule has 1 fully saturated rings. The Hall–Kier alpha value is -1.75. The van der Waals surface area contributed by atoms with Gasteiger partial charge in [0.05, 0.1) is 11.0 Å². The highest BCUT2D eigenvalue weighted by Gasteiger charge is 2.18. The molecule has 106 valence electrons. The highest BCUT2D eigenvalue weighted by atomic mass is 35.5. The molecule has 0 aliphatic carbocycles. The Morgan fingerprint density at radius 2 is 2.10 bits per heavy atom. The molecule has 2 heterocycles. The first kappa shape index (κ1) is 13.2. The Balaban J connectivity index is 1.78. The molecule has 0 unspecified atom stereocenters. The molecule has 1 amide bonds. The second kappa shape index (κ2) is 5.32. The second-order valence-corrected chi connectivity index (χ2v) is 5.53. The molecule has 0 atom stereocenters. The number of aryl methyl sites for hydroxylation is 1. The summed E-state index contributed by atoms with van der Waals surface area (Å²) in [6, 6.07) is 5.46. The summed E-state index contributed by atoms with van der Waals surface area (Å²) >= 11 is 6.01. The van der Waals surface area contributed by atoms with Crippen molar-refractivity contribution in [3.63, 3.8) is 0 Å². The van der Waals surface area contributed by atoms with Gasteiger partial charge in [0.25, 0.3) is 0 Å². The Labute approximate surface area is 122 Å². The van der Waals surface area contributed by atoms with E-state index >= 15 is 0 Å². The molecule has 1 aromatic carbocycles. The fourth-order valence-electron chi connectivity index (χ4n) is 2.68. The van der Waals surface area contributed by atoms with E-state index in [1.807, 2.05) is 21.6 Å². The smallest absolute Gasteiger partial charge is 0.224 e. The van der Waals surface area contributed by atoms with Crippen molar-refractivity contribution >= 4 is 34.5 Å². The minimum absolute atomic E-state index is 0.186. The highest BCUT2D eigenvalue weighted by molar-refractivity contribution is 6.31. The molecule has 0 spiro atoms. The van der Waals surface area contributed by atoms with Gasteiger partial charge in [0.2, 0.25) is 11.9 Å². The predicted molar refractivity (Wildman–Crippen MR) is 79.6 cm³/mol. The highest BCUT2D eigenvalue weighted by Crippen LogP contribution is 2.22. The molecule has 6 heteroatoms. The van der Waals surface area contributed by atoms with E-state index in [1.165, 1.54) is 0 Å². The number of hydrogen-bond donors (Lipinski definition) is 1. The van der Waals surface area contributed by atoms with Crippen molar-refractivity contribution in [3.05, 3.63) is 23.2 Å². The number of nitrogens with zero attached hydrogens (tertiary/aromatic N) is 3. The van der Waals surface area contributed by atoms with E-state index in [0.29, 0.717) is 23.9 Å². The standard InChI is InChI=1S/C14H17ClN4O/c15-10-3-4-11-12(9-10)19(14(16)17-11)8-5-13(20)18-6-1-2-7-18/h3-4,9H,1-2,5-8H2,(H2,16,17). The second-order valence-electron chi connectivity index (χ2n) is 5.09. The number of fused-ring (bicyclic) bond motifs is 1. The number of carbonyl (C=O) groups excluding carboxylic acids is 1. The van der Waals surface area contributed by atoms with Gasteiger partial charge < -0.3 is 15.2 Å². The number of rotatable bonds is 3. The first-order valence-corrected chi connectivity index (χ1v) is 7.22. The number of halogens is 1. The van der Waals surface area contributed by atoms with Crippen LogP contribution in [0.25, 0.3) is 11.0 Å². The normalized spacial score (nSPS) is 15.2. The molecule has 0 bridgehead atoms. The quantitative estimate of drug-likeness (QED) is 0.944. The number of imidazole rings is 1. The fourth-order valence-corrected chi connectivity index (χ4v) is 2.85. The number of benzene rings is 1. The van der Waals surface area contributed by atoms with Crippen LogP contribution in [-0.2, 0) is 11.3 Å². The Morgan fingerprint density at radius 3 is 2.85 bits per heavy atom. The van der Waals surface area contributed by atoms with Crippen LogP contribution in [0.3, 0.4) is 0 Å². The monoisotopic (exact) mass is 292 g/mol. The number of anilines is 1. The molecule has 2 aromatic rings. The van der Waals surface area contributed by atoms with Gasteiger partial charge in [0.1, 0.15) is 0 Å². The minimum Gasteiger partial charge on any atom is -0.369 e. The summed E-state index contributed by atoms with van der Waals surface area (Å²) in [5.41, 5.74) is 7.61. The third-order valence-electron chi connectivity index (χ3n) is 3.75. The lowest BCUT2D eigenvalue weighted by Crippen LogP contribution is -2.28. The Kier molecular flexibility index (Phi) is 3.53. The first-order chi connectivity index (χ1) is 9.65. The van der Waals surface area contributed by atoms with Crippen molar-refractivity contribution in [1.82, 2.24) is 14.5 Å². The van der Waals surface area contributed by atoms with Crippen LogP contribution < -0.4 is 5.73 Å². The van der Waals surface area contributed by atoms with Crippen molar-refractivity contribution in [3.8, 4) is 0 Å². The number of aromatic nitrogens is 2. The molecule has 3 rings (SSSR count). The average Bonchev–Trinajstić information content (AvgIpc) is 3.04. The summed E-state index contributed by atoms with van der Waals surface area (Å²) in [6.45, 7) is 2.30. The minimum atomic E-state index is 0.186. The van der Waals surface area contributed by atoms with E-state index < -0.39 is 0 Å². The van der Waals surface area contributed by atoms with Crippen molar-refractivity contribution in [1.29, 1.82) is 0 Å². The van der Waals surface area contributed by atoms with Gasteiger partial charge in [-0.05, 0) is 31.0 Å². The fraction of sp³-hybridized carbons (Fsp3) is 0.429. The third kappa shape index (κ3) is 2.45. The predicted octanol–water partition coefficient (Wildman–Crippen LogP) is 2.28. The zero-order valence-corrected chi connectivity index (χ0v) is 11.9. The average molecular weight is 293 g/mol. The summed E-state index contributed by atoms with van der Waals surface area (Å²) in [5.74, 6) is 0.613. The van der Waals surface area contributed by atoms with Crippen LogP contribution in [0, 0.1) is 0 Å². The number of nitrogens with two attached hydrogens (primary N) is 1. The maximum atomic E-state index is 12.1. The Bertz CT molecular complexity index is 646. The molecule has 1 aliphatic heterocycles. The number of nitrogen functional groups attached to an aromatic ring is 1. The van der Waals surface area contributed by atoms with Gasteiger partial charge in [-0.1, -0.05) is 11.6 Å². The SMILES string of the molecule is Nc1nc2ccc(Cl)cc2n1CCC(=O)N1CCCC1. The molecule has 0 saturated carbocycles. The largest absolute Gasteiger partial charge is 0.369 e. The lowest BCUT2D eigenvalue weighted by Gasteiger charge is -2.15. The van der Waals surface area contributed by atoms with Crippen molar-refractivity contribution in [2.75, 3.05) is 18.8 Å². The van der Waals surface area contributed by atoms with Crippen LogP contribution in [0.4, 0.5) is 5.95 Å². The van der Waals surface area contributed by atoms with Crippen LogP contribution in [-0.4, -0.2) is 33.4 Å². The Morgan fingerprint density at radius 1 is 1.35 bits per heavy atom. The molecule has 5 nitrogen and oxygen atoms in total. The van der Waals surface area contributed by atoms with Gasteiger partial charge in [-0.3, -0.25) is 4.79 Å². The van der Waals surface area contributed by atoms with Crippen molar-refractivity contribution < 1.29 is 4.79 Å². The summed E-state index contributed by atoms with van der Waals surface area (Å²) in [5, 5.41) is 0.643. The number of likely N-dealkylation sites (tertiary alicyclic amines) is 1. The topological polar surface area (TPSA) is 64.1 Å². The molecule has 2 N–H and O–H groups in total. The van der Waals surface area contributed by atoms with Gasteiger partial charge >= 0.3 is 0 Å². The van der Waals surface area contributed by atoms with Gasteiger partial charge in [-0.2, -0.15) is 0 Å². The molecular weight excluding hydrogens is 276 g/mol. The van der Waals surface area contributed by atoms with Crippen molar-refractivity contribution in [2.24, 2.45) is 0 Å². The van der Waals surface area contributed by atoms with Crippen LogP contribution in [0.2, 0.25) is 5.02 Å². The number of hydrogen-bond acceptors (Lipinski definition) is 3. The van der Waals surface area contributed by atoms with E-state index in [9.17, 15) is 4.79 Å². The molecule has 1 aromatic heterocycles. The molecule has 0 radical (unpaired) electrons. The van der Waals surface area contributed by atoms with E-state index in [0.717, 1.165) is 37.0 Å². The van der Waals surface area contributed by atoms with Gasteiger partial charge in [0, 0.05) is 31.1 Å². The maximum Gasteiger partial charge on any atom is 0.224 e. The summed E-state index contributed by atoms with van der Waals surface area (Å²) < 4.78 is 1.86. The maximum absolute atomic E-state index is 12.1. The van der Waals surface area contributed by atoms with Crippen LogP contribution >= 0.6 is 11.6 Å². The first-order valence-electron chi connectivity index (χ1n) is 6.84. The van der Waals surface area contributed by atoms with E-state index in [1.54, 1.807) is 6.07 Å². The van der Waals surface area contributed by atoms with Gasteiger partial charge in [0.15, 0.2) is 0 Å². The summed E-state index contributed by atoms with van der Waals surface area (Å²) in [7, 11) is 0. The van der Waals surface area contributed by atoms with Gasteiger partial charge in [-0.25, -0.2) is 4.98 Å². The third-order valence-corrected chi connectivity index (χ3v) is 3.98. The molecule has 20 heavy (non-hydrogen) atoms. The van der Waals surface area contributed by atoms with Crippen LogP contribution in [0.1, 0.15) is 19.3 Å². The van der Waals surface area contributed by atoms with Gasteiger partial charge in [-0.15, -0.1) is 0 Å². The summed E-state index contributed by atoms with van der Waals surface area (Å²) in [4.78, 5) is 18.3. The lowest BCUT2D eigenvalue weighted by molar-refractivity contribution is -0.130. The molecule has 1 aliphatic rings. The molecular formula is C14H17ClN4O. The van der Waals surface area contributed by atoms with E-state index in [4.69, 9.17) is 17.3 Å². The molecule has 1 saturated heterocycles. The summed E-state index contributed by atoms with van der Waals surface area (Å²) in [6.07, 6.45) is 2.66. The number of amides is 1. The number of carbonyl (C=O) groups is 1. The van der Waals surface area contributed by atoms with E-state index in [2.05, 4.69) is 4.98 Å². The van der Waals surface area contributed by atoms with Crippen molar-refractivity contribution in [2.45, 2.75) is 25.8 Å². The lowest BCUT2D eigenvalue weighted by atomic mass is 10.3. The zero-order chi connectivity index (χ0) is 14.1. The van der Waals surface area contributed by atoms with E-state index in [-0.39, 0.29) is 5.91 Å². The zero-order valence-electron chi connectivity index (χ0n) is 11.2.